The molecule has 0 unspecified atom stereocenters. The number of anilines is 4. The van der Waals surface area contributed by atoms with Gasteiger partial charge in [-0.25, -0.2) is 36.3 Å². The topological polar surface area (TPSA) is 170 Å². The Morgan fingerprint density at radius 1 is 0.533 bits per heavy atom. The average molecular weight is 990 g/mol. The van der Waals surface area contributed by atoms with Crippen LogP contribution in [0.5, 0.6) is 23.0 Å². The third-order valence-electron chi connectivity index (χ3n) is 7.73. The molecule has 0 fully saturated rings. The molecule has 60 heavy (non-hydrogen) atoms. The molecule has 0 spiro atoms. The van der Waals surface area contributed by atoms with Crippen LogP contribution in [0.3, 0.4) is 0 Å². The van der Waals surface area contributed by atoms with Crippen LogP contribution in [0.25, 0.3) is 0 Å². The predicted octanol–water partition coefficient (Wildman–Crippen LogP) is 8.20. The number of ketones is 2. The van der Waals surface area contributed by atoms with Gasteiger partial charge in [0.05, 0.1) is 81.7 Å². The Hall–Kier alpha value is -3.42. The molecule has 0 aromatic heterocycles. The smallest absolute Gasteiger partial charge is 0.209 e. The molecule has 0 bridgehead atoms. The molecule has 4 aromatic carbocycles. The molecule has 22 heteroatoms. The van der Waals surface area contributed by atoms with Crippen LogP contribution in [-0.2, 0) is 29.6 Å². The molecule has 0 saturated carbocycles. The van der Waals surface area contributed by atoms with Crippen LogP contribution in [0.4, 0.5) is 22.7 Å². The molecule has 0 heterocycles. The lowest BCUT2D eigenvalue weighted by Crippen LogP contribution is -2.36. The van der Waals surface area contributed by atoms with Crippen LogP contribution in [0.15, 0.2) is 72.8 Å². The van der Waals surface area contributed by atoms with Crippen molar-refractivity contribution in [3.05, 3.63) is 92.9 Å². The maximum atomic E-state index is 12.3. The van der Waals surface area contributed by atoms with Crippen LogP contribution < -0.4 is 38.4 Å². The largest absolute Gasteiger partial charge is 0.490 e. The number of benzene rings is 4. The molecule has 14 nitrogen and oxygen atoms in total. The molecular formula is C38H40Cl6N4O10S2. The fourth-order valence-corrected chi connectivity index (χ4v) is 7.28. The van der Waals surface area contributed by atoms with Crippen LogP contribution in [0.2, 0.25) is 20.1 Å². The normalized spacial score (nSPS) is 11.5. The van der Waals surface area contributed by atoms with Crippen molar-refractivity contribution in [2.45, 2.75) is 12.8 Å². The first-order valence-corrected chi connectivity index (χ1v) is 24.1. The highest BCUT2D eigenvalue weighted by Crippen LogP contribution is 2.46. The second-order valence-corrected chi connectivity index (χ2v) is 18.8. The number of rotatable bonds is 25. The van der Waals surface area contributed by atoms with Gasteiger partial charge >= 0.3 is 0 Å². The summed E-state index contributed by atoms with van der Waals surface area (Å²) in [5.74, 6) is 0.804. The van der Waals surface area contributed by atoms with E-state index in [0.29, 0.717) is 58.9 Å². The Morgan fingerprint density at radius 2 is 0.850 bits per heavy atom. The molecule has 326 valence electrons. The number of ether oxygens (including phenoxy) is 4. The summed E-state index contributed by atoms with van der Waals surface area (Å²) in [5.41, 5.74) is 1.83. The van der Waals surface area contributed by atoms with Gasteiger partial charge in [-0.3, -0.25) is 9.59 Å². The van der Waals surface area contributed by atoms with Crippen molar-refractivity contribution < 1.29 is 45.4 Å². The van der Waals surface area contributed by atoms with Gasteiger partial charge in [0.2, 0.25) is 20.0 Å². The first-order chi connectivity index (χ1) is 28.4. The van der Waals surface area contributed by atoms with E-state index in [1.807, 2.05) is 0 Å². The van der Waals surface area contributed by atoms with Crippen molar-refractivity contribution in [3.63, 3.8) is 0 Å². The SMILES string of the molecule is CS(=O)(=O)NCC(=O)COc1ccc(N(c2cc(Cl)c(OCCCCl)c(Cl)c2)N(c2ccc(OCC(=O)CNS(C)(=O)=O)cc2)c2cc(Cl)c(OCCCCl)c(Cl)c2)cc1. The van der Waals surface area contributed by atoms with Gasteiger partial charge < -0.3 is 18.9 Å². The summed E-state index contributed by atoms with van der Waals surface area (Å²) in [5, 5.41) is 4.17. The number of hydrogen-bond donors (Lipinski definition) is 2. The molecule has 0 aliphatic carbocycles. The van der Waals surface area contributed by atoms with E-state index >= 15 is 0 Å². The van der Waals surface area contributed by atoms with Gasteiger partial charge in [0, 0.05) is 11.8 Å². The first-order valence-electron chi connectivity index (χ1n) is 17.7. The van der Waals surface area contributed by atoms with Crippen LogP contribution in [0.1, 0.15) is 12.8 Å². The maximum absolute atomic E-state index is 12.3. The highest BCUT2D eigenvalue weighted by Gasteiger charge is 2.26. The number of carbonyl (C=O) groups is 2. The molecule has 0 saturated heterocycles. The number of nitrogens with one attached hydrogen (secondary N) is 2. The van der Waals surface area contributed by atoms with E-state index in [1.54, 1.807) is 82.8 Å². The highest BCUT2D eigenvalue weighted by atomic mass is 35.5. The van der Waals surface area contributed by atoms with Gasteiger partial charge in [-0.15, -0.1) is 23.2 Å². The van der Waals surface area contributed by atoms with Gasteiger partial charge in [0.15, 0.2) is 23.1 Å². The number of sulfonamides is 2. The summed E-state index contributed by atoms with van der Waals surface area (Å²) in [6, 6.07) is 19.7. The molecule has 0 amide bonds. The number of halogens is 6. The molecule has 0 aliphatic rings. The van der Waals surface area contributed by atoms with Crippen molar-refractivity contribution >= 4 is 124 Å². The molecule has 4 rings (SSSR count). The number of alkyl halides is 2. The average Bonchev–Trinajstić information content (AvgIpc) is 3.18. The summed E-state index contributed by atoms with van der Waals surface area (Å²) < 4.78 is 73.0. The molecular weight excluding hydrogens is 949 g/mol. The van der Waals surface area contributed by atoms with Crippen molar-refractivity contribution in [1.29, 1.82) is 0 Å². The number of nitrogens with zero attached hydrogens (tertiary/aromatic N) is 2. The fraction of sp³-hybridized carbons (Fsp3) is 0.316. The van der Waals surface area contributed by atoms with Gasteiger partial charge in [-0.05, 0) is 85.6 Å². The van der Waals surface area contributed by atoms with Crippen LogP contribution >= 0.6 is 69.6 Å². The Balaban J connectivity index is 1.83. The van der Waals surface area contributed by atoms with E-state index in [9.17, 15) is 26.4 Å². The lowest BCUT2D eigenvalue weighted by atomic mass is 10.2. The van der Waals surface area contributed by atoms with E-state index in [4.69, 9.17) is 88.6 Å². The molecule has 0 atom stereocenters. The highest BCUT2D eigenvalue weighted by molar-refractivity contribution is 7.89. The maximum Gasteiger partial charge on any atom is 0.209 e. The standard InChI is InChI=1S/C38H40Cl6N4O10S2/c1-59(51,52)45-21-29(49)23-57-31-9-5-25(6-10-31)47(27-17-33(41)37(34(42)18-27)55-15-3-13-39)48(28-19-35(43)38(36(44)20-28)56-16-4-14-40)26-7-11-32(12-8-26)58-24-30(50)22-46-60(2,53)54/h5-12,17-20,45-46H,3-4,13-16,21-24H2,1-2H3. The third-order valence-corrected chi connectivity index (χ3v) is 10.7. The number of hydrazine groups is 1. The monoisotopic (exact) mass is 986 g/mol. The number of hydrogen-bond acceptors (Lipinski definition) is 12. The molecule has 0 radical (unpaired) electrons. The Kier molecular flexibility index (Phi) is 19.0. The van der Waals surface area contributed by atoms with Crippen molar-refractivity contribution in [2.75, 3.05) is 73.8 Å². The second kappa shape index (κ2) is 23.1. The molecule has 2 N–H and O–H groups in total. The van der Waals surface area contributed by atoms with Crippen molar-refractivity contribution in [1.82, 2.24) is 9.44 Å². The first kappa shape index (κ1) is 49.2. The van der Waals surface area contributed by atoms with E-state index in [-0.39, 0.29) is 44.8 Å². The zero-order valence-electron chi connectivity index (χ0n) is 32.1. The van der Waals surface area contributed by atoms with E-state index in [0.717, 1.165) is 12.5 Å². The quantitative estimate of drug-likeness (QED) is 0.0372. The molecule has 0 aliphatic heterocycles. The summed E-state index contributed by atoms with van der Waals surface area (Å²) in [7, 11) is -7.16. The van der Waals surface area contributed by atoms with E-state index < -0.39 is 57.9 Å². The van der Waals surface area contributed by atoms with E-state index in [2.05, 4.69) is 9.44 Å². The fourth-order valence-electron chi connectivity index (χ4n) is 5.05. The minimum atomic E-state index is -3.58. The summed E-state index contributed by atoms with van der Waals surface area (Å²) >= 11 is 39.0. The number of carbonyl (C=O) groups excluding carboxylic acids is 2. The van der Waals surface area contributed by atoms with Crippen molar-refractivity contribution in [2.24, 2.45) is 0 Å². The Labute approximate surface area is 378 Å². The van der Waals surface area contributed by atoms with Gasteiger partial charge in [-0.1, -0.05) is 46.4 Å². The van der Waals surface area contributed by atoms with Crippen molar-refractivity contribution in [3.8, 4) is 23.0 Å². The van der Waals surface area contributed by atoms with Crippen LogP contribution in [0, 0.1) is 0 Å². The lowest BCUT2D eigenvalue weighted by molar-refractivity contribution is -0.120. The van der Waals surface area contributed by atoms with Gasteiger partial charge in [-0.2, -0.15) is 0 Å². The summed E-state index contributed by atoms with van der Waals surface area (Å²) in [4.78, 5) is 24.6. The lowest BCUT2D eigenvalue weighted by Gasteiger charge is -2.39. The zero-order chi connectivity index (χ0) is 44.0. The summed E-state index contributed by atoms with van der Waals surface area (Å²) in [6.45, 7) is -1.16. The summed E-state index contributed by atoms with van der Waals surface area (Å²) in [6.07, 6.45) is 2.98. The zero-order valence-corrected chi connectivity index (χ0v) is 38.2. The minimum Gasteiger partial charge on any atom is -0.490 e. The number of Topliss-reactive ketones (excluding diaryl/α,β-unsaturated/α-hetero) is 2. The van der Waals surface area contributed by atoms with Gasteiger partial charge in [0.1, 0.15) is 24.7 Å². The second-order valence-electron chi connectivity index (χ2n) is 12.7. The van der Waals surface area contributed by atoms with Crippen LogP contribution in [-0.4, -0.2) is 92.2 Å². The minimum absolute atomic E-state index is 0.177. The predicted molar refractivity (Wildman–Crippen MR) is 238 cm³/mol. The third kappa shape index (κ3) is 15.5. The Bertz CT molecular complexity index is 2120. The van der Waals surface area contributed by atoms with E-state index in [1.165, 1.54) is 0 Å². The Morgan fingerprint density at radius 3 is 1.13 bits per heavy atom. The van der Waals surface area contributed by atoms with Gasteiger partial charge in [0.25, 0.3) is 0 Å². The molecule has 4 aromatic rings.